The molecular weight excluding hydrogens is 252 g/mol. The van der Waals surface area contributed by atoms with E-state index >= 15 is 0 Å². The van der Waals surface area contributed by atoms with E-state index in [2.05, 4.69) is 9.80 Å². The van der Waals surface area contributed by atoms with Crippen LogP contribution in [-0.2, 0) is 0 Å². The topological polar surface area (TPSA) is 46.9 Å². The van der Waals surface area contributed by atoms with Crippen molar-refractivity contribution in [1.29, 1.82) is 0 Å². The fourth-order valence-electron chi connectivity index (χ4n) is 3.87. The average Bonchev–Trinajstić information content (AvgIpc) is 2.82. The summed E-state index contributed by atoms with van der Waals surface area (Å²) in [7, 11) is 0. The molecule has 1 saturated heterocycles. The van der Waals surface area contributed by atoms with Gasteiger partial charge in [-0.05, 0) is 32.4 Å². The number of aliphatic hydroxyl groups is 2. The van der Waals surface area contributed by atoms with Gasteiger partial charge in [-0.2, -0.15) is 0 Å². The van der Waals surface area contributed by atoms with Crippen LogP contribution in [-0.4, -0.2) is 72.5 Å². The number of rotatable bonds is 5. The fourth-order valence-corrected chi connectivity index (χ4v) is 3.87. The van der Waals surface area contributed by atoms with Gasteiger partial charge in [0, 0.05) is 38.2 Å². The molecule has 118 valence electrons. The summed E-state index contributed by atoms with van der Waals surface area (Å²) in [6, 6.07) is 0. The van der Waals surface area contributed by atoms with E-state index in [-0.39, 0.29) is 12.0 Å². The monoisotopic (exact) mass is 284 g/mol. The molecule has 0 atom stereocenters. The lowest BCUT2D eigenvalue weighted by Gasteiger charge is -2.36. The van der Waals surface area contributed by atoms with Gasteiger partial charge in [-0.15, -0.1) is 0 Å². The second-order valence-electron chi connectivity index (χ2n) is 6.77. The molecule has 2 rings (SSSR count). The maximum atomic E-state index is 9.93. The van der Waals surface area contributed by atoms with Crippen molar-refractivity contribution in [2.75, 3.05) is 52.5 Å². The molecule has 0 spiro atoms. The summed E-state index contributed by atoms with van der Waals surface area (Å²) in [4.78, 5) is 4.91. The van der Waals surface area contributed by atoms with Gasteiger partial charge in [0.15, 0.2) is 0 Å². The first kappa shape index (κ1) is 16.2. The van der Waals surface area contributed by atoms with Crippen molar-refractivity contribution >= 4 is 0 Å². The van der Waals surface area contributed by atoms with Crippen molar-refractivity contribution in [1.82, 2.24) is 9.80 Å². The predicted molar refractivity (Wildman–Crippen MR) is 81.8 cm³/mol. The Bertz CT molecular complexity index is 265. The summed E-state index contributed by atoms with van der Waals surface area (Å²) in [6.07, 6.45) is 8.82. The van der Waals surface area contributed by atoms with Gasteiger partial charge in [-0.25, -0.2) is 0 Å². The first-order valence-corrected chi connectivity index (χ1v) is 8.44. The minimum atomic E-state index is 0.155. The summed E-state index contributed by atoms with van der Waals surface area (Å²) >= 11 is 0. The van der Waals surface area contributed by atoms with E-state index in [1.807, 2.05) is 0 Å². The van der Waals surface area contributed by atoms with Crippen molar-refractivity contribution in [2.24, 2.45) is 5.41 Å². The van der Waals surface area contributed by atoms with E-state index in [1.165, 1.54) is 44.9 Å². The summed E-state index contributed by atoms with van der Waals surface area (Å²) in [5.41, 5.74) is 0.155. The Kier molecular flexibility index (Phi) is 6.75. The van der Waals surface area contributed by atoms with Crippen LogP contribution in [0.2, 0.25) is 0 Å². The van der Waals surface area contributed by atoms with Gasteiger partial charge in [0.2, 0.25) is 0 Å². The molecule has 4 heteroatoms. The van der Waals surface area contributed by atoms with E-state index in [0.29, 0.717) is 6.61 Å². The zero-order chi connectivity index (χ0) is 14.3. The molecule has 1 saturated carbocycles. The molecule has 2 N–H and O–H groups in total. The minimum Gasteiger partial charge on any atom is -0.396 e. The van der Waals surface area contributed by atoms with Crippen molar-refractivity contribution in [3.63, 3.8) is 0 Å². The minimum absolute atomic E-state index is 0.155. The highest BCUT2D eigenvalue weighted by molar-refractivity contribution is 4.85. The van der Waals surface area contributed by atoms with Gasteiger partial charge in [0.1, 0.15) is 0 Å². The Morgan fingerprint density at radius 3 is 2.05 bits per heavy atom. The molecule has 1 heterocycles. The molecule has 2 aliphatic rings. The lowest BCUT2D eigenvalue weighted by atomic mass is 9.80. The highest BCUT2D eigenvalue weighted by Crippen LogP contribution is 2.35. The van der Waals surface area contributed by atoms with Crippen LogP contribution in [0.4, 0.5) is 0 Å². The quantitative estimate of drug-likeness (QED) is 0.748. The zero-order valence-corrected chi connectivity index (χ0v) is 12.9. The third kappa shape index (κ3) is 4.69. The summed E-state index contributed by atoms with van der Waals surface area (Å²) < 4.78 is 0. The van der Waals surface area contributed by atoms with Crippen molar-refractivity contribution in [2.45, 2.75) is 44.9 Å². The van der Waals surface area contributed by atoms with E-state index in [4.69, 9.17) is 5.11 Å². The molecule has 0 bridgehead atoms. The van der Waals surface area contributed by atoms with Gasteiger partial charge in [0.05, 0.1) is 6.61 Å². The third-order valence-electron chi connectivity index (χ3n) is 5.16. The molecule has 0 unspecified atom stereocenters. The second-order valence-corrected chi connectivity index (χ2v) is 6.77. The van der Waals surface area contributed by atoms with E-state index < -0.39 is 0 Å². The van der Waals surface area contributed by atoms with Gasteiger partial charge in [-0.3, -0.25) is 4.90 Å². The van der Waals surface area contributed by atoms with Crippen LogP contribution >= 0.6 is 0 Å². The van der Waals surface area contributed by atoms with E-state index in [1.54, 1.807) is 0 Å². The maximum Gasteiger partial charge on any atom is 0.0558 e. The largest absolute Gasteiger partial charge is 0.396 e. The summed E-state index contributed by atoms with van der Waals surface area (Å²) in [5, 5.41) is 19.0. The lowest BCUT2D eigenvalue weighted by molar-refractivity contribution is 0.0604. The predicted octanol–water partition coefficient (Wildman–Crippen LogP) is 1.32. The Hall–Kier alpha value is -0.160. The molecule has 2 fully saturated rings. The molecule has 1 aliphatic heterocycles. The zero-order valence-electron chi connectivity index (χ0n) is 12.9. The third-order valence-corrected chi connectivity index (χ3v) is 5.16. The highest BCUT2D eigenvalue weighted by atomic mass is 16.3. The SMILES string of the molecule is OCCN1CCCN(CC2(CO)CCCCCC2)CC1. The molecule has 1 aliphatic carbocycles. The van der Waals surface area contributed by atoms with Crippen LogP contribution in [0.1, 0.15) is 44.9 Å². The van der Waals surface area contributed by atoms with Crippen LogP contribution in [0.3, 0.4) is 0 Å². The molecule has 0 aromatic carbocycles. The lowest BCUT2D eigenvalue weighted by Crippen LogP contribution is -2.42. The van der Waals surface area contributed by atoms with Gasteiger partial charge < -0.3 is 15.1 Å². The number of hydrogen-bond donors (Lipinski definition) is 2. The normalized spacial score (nSPS) is 26.1. The number of aliphatic hydroxyl groups excluding tert-OH is 2. The summed E-state index contributed by atoms with van der Waals surface area (Å²) in [5.74, 6) is 0. The van der Waals surface area contributed by atoms with E-state index in [0.717, 1.165) is 39.3 Å². The maximum absolute atomic E-state index is 9.93. The molecule has 0 radical (unpaired) electrons. The molecule has 0 aromatic rings. The fraction of sp³-hybridized carbons (Fsp3) is 1.00. The molecule has 4 nitrogen and oxygen atoms in total. The first-order chi connectivity index (χ1) is 9.78. The number of β-amino-alcohol motifs (C(OH)–C–C–N with tert-alkyl or cyclic N) is 1. The van der Waals surface area contributed by atoms with Crippen LogP contribution in [0.15, 0.2) is 0 Å². The van der Waals surface area contributed by atoms with Gasteiger partial charge in [0.25, 0.3) is 0 Å². The van der Waals surface area contributed by atoms with Gasteiger partial charge in [-0.1, -0.05) is 25.7 Å². The Morgan fingerprint density at radius 2 is 1.40 bits per heavy atom. The molecule has 0 amide bonds. The number of nitrogens with zero attached hydrogens (tertiary/aromatic N) is 2. The Labute approximate surface area is 123 Å². The number of hydrogen-bond acceptors (Lipinski definition) is 4. The first-order valence-electron chi connectivity index (χ1n) is 8.44. The second kappa shape index (κ2) is 8.32. The van der Waals surface area contributed by atoms with Crippen LogP contribution < -0.4 is 0 Å². The van der Waals surface area contributed by atoms with Gasteiger partial charge >= 0.3 is 0 Å². The average molecular weight is 284 g/mol. The van der Waals surface area contributed by atoms with Crippen molar-refractivity contribution < 1.29 is 10.2 Å². The molecule has 0 aromatic heterocycles. The molecular formula is C16H32N2O2. The van der Waals surface area contributed by atoms with Crippen LogP contribution in [0.25, 0.3) is 0 Å². The van der Waals surface area contributed by atoms with Crippen molar-refractivity contribution in [3.8, 4) is 0 Å². The highest BCUT2D eigenvalue weighted by Gasteiger charge is 2.32. The van der Waals surface area contributed by atoms with Crippen LogP contribution in [0.5, 0.6) is 0 Å². The Balaban J connectivity index is 1.87. The van der Waals surface area contributed by atoms with Crippen LogP contribution in [0, 0.1) is 5.41 Å². The smallest absolute Gasteiger partial charge is 0.0558 e. The van der Waals surface area contributed by atoms with E-state index in [9.17, 15) is 5.11 Å². The summed E-state index contributed by atoms with van der Waals surface area (Å²) in [6.45, 7) is 6.87. The Morgan fingerprint density at radius 1 is 0.750 bits per heavy atom. The standard InChI is InChI=1S/C16H32N2O2/c19-13-12-17-8-5-9-18(11-10-17)14-16(15-20)6-3-1-2-4-7-16/h19-20H,1-15H2. The molecule has 20 heavy (non-hydrogen) atoms. The van der Waals surface area contributed by atoms with Crippen molar-refractivity contribution in [3.05, 3.63) is 0 Å².